The maximum atomic E-state index is 12.8. The van der Waals surface area contributed by atoms with E-state index in [9.17, 15) is 24.3 Å². The van der Waals surface area contributed by atoms with Gasteiger partial charge in [0.1, 0.15) is 22.9 Å². The van der Waals surface area contributed by atoms with Crippen molar-refractivity contribution in [2.24, 2.45) is 10.8 Å². The summed E-state index contributed by atoms with van der Waals surface area (Å²) >= 11 is 0. The molecule has 1 N–H and O–H groups in total. The number of Topliss-reactive ketones (excluding diaryl/α,β-unsaturated/α-hetero) is 2. The Morgan fingerprint density at radius 3 is 2.38 bits per heavy atom. The highest BCUT2D eigenvalue weighted by atomic mass is 16.6. The molecule has 0 unspecified atom stereocenters. The van der Waals surface area contributed by atoms with Gasteiger partial charge in [0.25, 0.3) is 0 Å². The summed E-state index contributed by atoms with van der Waals surface area (Å²) in [6, 6.07) is 0. The van der Waals surface area contributed by atoms with Crippen LogP contribution in [-0.4, -0.2) is 57.6 Å². The average molecular weight is 482 g/mol. The minimum atomic E-state index is -0.908. The Kier molecular flexibility index (Phi) is 8.60. The number of nitrogens with zero attached hydrogens (tertiary/aromatic N) is 1. The zero-order valence-electron chi connectivity index (χ0n) is 22.0. The van der Waals surface area contributed by atoms with E-state index in [4.69, 9.17) is 9.47 Å². The van der Waals surface area contributed by atoms with E-state index >= 15 is 0 Å². The normalized spacial score (nSPS) is 29.2. The molecule has 1 saturated heterocycles. The third-order valence-electron chi connectivity index (χ3n) is 7.61. The lowest BCUT2D eigenvalue weighted by Crippen LogP contribution is -2.48. The number of carboxylic acid groups (broad SMARTS) is 1. The molecule has 0 spiro atoms. The van der Waals surface area contributed by atoms with Crippen molar-refractivity contribution >= 4 is 23.6 Å². The molecule has 8 nitrogen and oxygen atoms in total. The smallest absolute Gasteiger partial charge is 0.412 e. The van der Waals surface area contributed by atoms with Gasteiger partial charge in [0.05, 0.1) is 19.1 Å². The molecule has 1 aliphatic heterocycles. The molecule has 0 bridgehead atoms. The third kappa shape index (κ3) is 6.80. The van der Waals surface area contributed by atoms with Gasteiger partial charge in [-0.25, -0.2) is 4.79 Å². The van der Waals surface area contributed by atoms with E-state index in [1.165, 1.54) is 0 Å². The van der Waals surface area contributed by atoms with Crippen molar-refractivity contribution in [2.75, 3.05) is 6.54 Å². The Morgan fingerprint density at radius 2 is 1.79 bits per heavy atom. The number of ether oxygens (including phenoxy) is 2. The first kappa shape index (κ1) is 28.3. The second-order valence-corrected chi connectivity index (χ2v) is 11.9. The third-order valence-corrected chi connectivity index (χ3v) is 7.61. The fraction of sp³-hybridized carbons (Fsp3) is 0.846. The van der Waals surface area contributed by atoms with Gasteiger partial charge < -0.3 is 14.6 Å². The highest BCUT2D eigenvalue weighted by Crippen LogP contribution is 2.53. The van der Waals surface area contributed by atoms with Crippen molar-refractivity contribution in [3.05, 3.63) is 0 Å². The fourth-order valence-corrected chi connectivity index (χ4v) is 5.32. The molecule has 0 aromatic heterocycles. The van der Waals surface area contributed by atoms with E-state index in [0.29, 0.717) is 51.5 Å². The summed E-state index contributed by atoms with van der Waals surface area (Å²) in [7, 11) is 0. The van der Waals surface area contributed by atoms with Gasteiger partial charge in [0, 0.05) is 24.7 Å². The first-order chi connectivity index (χ1) is 15.5. The lowest BCUT2D eigenvalue weighted by Gasteiger charge is -2.48. The summed E-state index contributed by atoms with van der Waals surface area (Å²) in [5.74, 6) is -0.771. The van der Waals surface area contributed by atoms with Gasteiger partial charge in [-0.1, -0.05) is 13.8 Å². The van der Waals surface area contributed by atoms with E-state index in [0.717, 1.165) is 0 Å². The molecule has 34 heavy (non-hydrogen) atoms. The molecule has 0 radical (unpaired) electrons. The number of carbonyl (C=O) groups is 4. The highest BCUT2D eigenvalue weighted by molar-refractivity contribution is 5.88. The molecule has 0 aromatic carbocycles. The van der Waals surface area contributed by atoms with Gasteiger partial charge >= 0.3 is 12.1 Å². The predicted octanol–water partition coefficient (Wildman–Crippen LogP) is 5.12. The number of carbonyl (C=O) groups excluding carboxylic acids is 3. The molecule has 2 aliphatic rings. The molecule has 1 saturated carbocycles. The molecule has 1 heterocycles. The second kappa shape index (κ2) is 10.3. The molecular weight excluding hydrogens is 438 g/mol. The molecule has 1 amide bonds. The monoisotopic (exact) mass is 481 g/mol. The van der Waals surface area contributed by atoms with Crippen molar-refractivity contribution < 1.29 is 33.8 Å². The molecule has 2 rings (SSSR count). The molecule has 1 aliphatic carbocycles. The molecular formula is C26H43NO7. The van der Waals surface area contributed by atoms with Gasteiger partial charge in [0.15, 0.2) is 0 Å². The number of aliphatic carboxylic acids is 1. The summed E-state index contributed by atoms with van der Waals surface area (Å²) < 4.78 is 11.5. The van der Waals surface area contributed by atoms with E-state index < -0.39 is 34.2 Å². The quantitative estimate of drug-likeness (QED) is 0.487. The summed E-state index contributed by atoms with van der Waals surface area (Å²) in [5.41, 5.74) is -2.80. The minimum absolute atomic E-state index is 0.0631. The fourth-order valence-electron chi connectivity index (χ4n) is 5.32. The van der Waals surface area contributed by atoms with Crippen molar-refractivity contribution in [3.8, 4) is 0 Å². The number of hydrogen-bond donors (Lipinski definition) is 1. The number of amides is 1. The average Bonchev–Trinajstić information content (AvgIpc) is 2.97. The lowest BCUT2D eigenvalue weighted by molar-refractivity contribution is -0.150. The van der Waals surface area contributed by atoms with Gasteiger partial charge in [-0.3, -0.25) is 19.3 Å². The SMILES string of the molecule is CC(C)(C)OC(=O)N1C[C@@H](CCCC(=O)CC[C@]2(C)C(=O)CCC[C@]2(C)CC(=O)O)OC1(C)C. The number of carboxylic acids is 1. The van der Waals surface area contributed by atoms with Crippen LogP contribution in [0.4, 0.5) is 4.79 Å². The van der Waals surface area contributed by atoms with E-state index in [1.54, 1.807) is 4.90 Å². The van der Waals surface area contributed by atoms with Crippen molar-refractivity contribution in [3.63, 3.8) is 0 Å². The van der Waals surface area contributed by atoms with Crippen LogP contribution in [-0.2, 0) is 23.9 Å². The van der Waals surface area contributed by atoms with Crippen LogP contribution in [0.5, 0.6) is 0 Å². The summed E-state index contributed by atoms with van der Waals surface area (Å²) in [4.78, 5) is 51.0. The van der Waals surface area contributed by atoms with E-state index in [1.807, 2.05) is 48.5 Å². The molecule has 194 valence electrons. The molecule has 2 fully saturated rings. The zero-order valence-corrected chi connectivity index (χ0v) is 22.0. The van der Waals surface area contributed by atoms with Crippen LogP contribution < -0.4 is 0 Å². The van der Waals surface area contributed by atoms with Crippen molar-refractivity contribution in [2.45, 2.75) is 124 Å². The van der Waals surface area contributed by atoms with Crippen LogP contribution >= 0.6 is 0 Å². The van der Waals surface area contributed by atoms with Crippen LogP contribution in [0.1, 0.15) is 106 Å². The van der Waals surface area contributed by atoms with Crippen molar-refractivity contribution in [1.82, 2.24) is 4.90 Å². The lowest BCUT2D eigenvalue weighted by atomic mass is 9.54. The Bertz CT molecular complexity index is 799. The Balaban J connectivity index is 1.86. The zero-order chi connectivity index (χ0) is 25.9. The van der Waals surface area contributed by atoms with Gasteiger partial charge in [-0.2, -0.15) is 0 Å². The van der Waals surface area contributed by atoms with Crippen LogP contribution in [0.15, 0.2) is 0 Å². The number of hydrogen-bond acceptors (Lipinski definition) is 6. The van der Waals surface area contributed by atoms with E-state index in [-0.39, 0.29) is 30.5 Å². The molecule has 0 aromatic rings. The van der Waals surface area contributed by atoms with Crippen molar-refractivity contribution in [1.29, 1.82) is 0 Å². The molecule has 8 heteroatoms. The first-order valence-corrected chi connectivity index (χ1v) is 12.4. The summed E-state index contributed by atoms with van der Waals surface area (Å²) in [5, 5.41) is 9.37. The number of rotatable bonds is 9. The summed E-state index contributed by atoms with van der Waals surface area (Å²) in [6.07, 6.45) is 3.45. The summed E-state index contributed by atoms with van der Waals surface area (Å²) in [6.45, 7) is 13.3. The topological polar surface area (TPSA) is 110 Å². The number of ketones is 2. The maximum absolute atomic E-state index is 12.8. The van der Waals surface area contributed by atoms with Gasteiger partial charge in [-0.05, 0) is 72.1 Å². The Morgan fingerprint density at radius 1 is 1.15 bits per heavy atom. The second-order valence-electron chi connectivity index (χ2n) is 11.9. The van der Waals surface area contributed by atoms with Gasteiger partial charge in [0.2, 0.25) is 0 Å². The van der Waals surface area contributed by atoms with Crippen LogP contribution in [0.25, 0.3) is 0 Å². The minimum Gasteiger partial charge on any atom is -0.481 e. The highest BCUT2D eigenvalue weighted by Gasteiger charge is 2.52. The standard InChI is InChI=1S/C26H43NO7/c1-23(2,3)34-22(32)27-17-19(33-24(27,4)5)11-8-10-18(28)13-15-26(7)20(29)12-9-14-25(26,6)16-21(30)31/h19H,8-17H2,1-7H3,(H,30,31)/t19-,25-,26-/m1/s1. The molecule has 3 atom stereocenters. The van der Waals surface area contributed by atoms with Crippen LogP contribution in [0.2, 0.25) is 0 Å². The first-order valence-electron chi connectivity index (χ1n) is 12.4. The largest absolute Gasteiger partial charge is 0.481 e. The van der Waals surface area contributed by atoms with Crippen LogP contribution in [0, 0.1) is 10.8 Å². The van der Waals surface area contributed by atoms with Gasteiger partial charge in [-0.15, -0.1) is 0 Å². The maximum Gasteiger partial charge on any atom is 0.412 e. The Hall–Kier alpha value is -1.96. The van der Waals surface area contributed by atoms with Crippen LogP contribution in [0.3, 0.4) is 0 Å². The Labute approximate surface area is 203 Å². The van der Waals surface area contributed by atoms with E-state index in [2.05, 4.69) is 0 Å². The predicted molar refractivity (Wildman–Crippen MR) is 127 cm³/mol.